The monoisotopic (exact) mass is 498 g/mol. The Morgan fingerprint density at radius 3 is 1.12 bits per heavy atom. The molecule has 1 atom stereocenters. The van der Waals surface area contributed by atoms with E-state index < -0.39 is 7.26 Å². The Balaban J connectivity index is 0.00000192. The Kier molecular flexibility index (Phi) is 11.7. The van der Waals surface area contributed by atoms with Crippen molar-refractivity contribution >= 4 is 50.1 Å². The van der Waals surface area contributed by atoms with Crippen LogP contribution >= 0.6 is 34.1 Å². The van der Waals surface area contributed by atoms with Crippen LogP contribution in [0.4, 0.5) is 0 Å². The van der Waals surface area contributed by atoms with Crippen LogP contribution in [0.5, 0.6) is 0 Å². The van der Waals surface area contributed by atoms with Crippen LogP contribution in [0.25, 0.3) is 0 Å². The fourth-order valence-electron chi connectivity index (χ4n) is 3.22. The van der Waals surface area contributed by atoms with Crippen LogP contribution in [0.2, 0.25) is 0 Å². The van der Waals surface area contributed by atoms with E-state index in [-0.39, 0.29) is 43.9 Å². The van der Waals surface area contributed by atoms with Crippen LogP contribution in [0, 0.1) is 0 Å². The molecule has 0 aliphatic carbocycles. The van der Waals surface area contributed by atoms with E-state index >= 15 is 0 Å². The number of benzene rings is 3. The third kappa shape index (κ3) is 5.24. The molecule has 0 saturated heterocycles. The van der Waals surface area contributed by atoms with Crippen molar-refractivity contribution in [2.45, 2.75) is 13.3 Å². The minimum atomic E-state index is -1.55. The molecule has 0 amide bonds. The highest BCUT2D eigenvalue weighted by Crippen LogP contribution is 2.55. The van der Waals surface area contributed by atoms with Crippen molar-refractivity contribution in [3.8, 4) is 0 Å². The highest BCUT2D eigenvalue weighted by molar-refractivity contribution is 8.93. The van der Waals surface area contributed by atoms with Gasteiger partial charge in [-0.15, -0.1) is 17.0 Å². The fourth-order valence-corrected chi connectivity index (χ4v) is 7.60. The Morgan fingerprint density at radius 1 is 0.600 bits per heavy atom. The van der Waals surface area contributed by atoms with Gasteiger partial charge < -0.3 is 17.0 Å². The van der Waals surface area contributed by atoms with E-state index in [2.05, 4.69) is 97.9 Å². The lowest BCUT2D eigenvalue weighted by atomic mass is 10.4. The molecule has 4 heteroatoms. The quantitative estimate of drug-likeness (QED) is 0.471. The van der Waals surface area contributed by atoms with E-state index in [1.165, 1.54) is 28.5 Å². The van der Waals surface area contributed by atoms with Gasteiger partial charge >= 0.3 is 0 Å². The molecule has 1 unspecified atom stereocenters. The minimum absolute atomic E-state index is 0. The van der Waals surface area contributed by atoms with Crippen LogP contribution in [0.15, 0.2) is 91.0 Å². The summed E-state index contributed by atoms with van der Waals surface area (Å²) in [5.41, 5.74) is 0. The van der Waals surface area contributed by atoms with E-state index in [9.17, 15) is 0 Å². The molecule has 0 fully saturated rings. The summed E-state index contributed by atoms with van der Waals surface area (Å²) in [6.07, 6.45) is 2.40. The molecule has 134 valence electrons. The Labute approximate surface area is 177 Å². The molecule has 0 bridgehead atoms. The number of rotatable bonds is 5. The van der Waals surface area contributed by atoms with Crippen LogP contribution in [0.3, 0.4) is 0 Å². The predicted octanol–water partition coefficient (Wildman–Crippen LogP) is 2.03. The van der Waals surface area contributed by atoms with Crippen molar-refractivity contribution in [3.05, 3.63) is 91.0 Å². The molecule has 0 heterocycles. The second-order valence-corrected chi connectivity index (χ2v) is 9.16. The second-order valence-electron chi connectivity index (χ2n) is 5.54. The molecule has 3 rings (SSSR count). The summed E-state index contributed by atoms with van der Waals surface area (Å²) >= 11 is 0. The van der Waals surface area contributed by atoms with Gasteiger partial charge in [-0.05, 0) is 42.8 Å². The molecule has 0 nitrogen and oxygen atoms in total. The van der Waals surface area contributed by atoms with Gasteiger partial charge in [-0.25, -0.2) is 0 Å². The molecule has 0 aliphatic heterocycles. The van der Waals surface area contributed by atoms with Gasteiger partial charge in [0.2, 0.25) is 0 Å². The van der Waals surface area contributed by atoms with E-state index in [0.29, 0.717) is 0 Å². The van der Waals surface area contributed by atoms with Crippen molar-refractivity contribution in [1.82, 2.24) is 0 Å². The zero-order valence-corrected chi connectivity index (χ0v) is 20.1. The highest BCUT2D eigenvalue weighted by Gasteiger charge is 2.43. The Morgan fingerprint density at radius 2 is 0.880 bits per heavy atom. The number of hydrogen-bond acceptors (Lipinski definition) is 0. The smallest absolute Gasteiger partial charge is 0.112 e. The van der Waals surface area contributed by atoms with Crippen LogP contribution in [-0.2, 0) is 0 Å². The van der Waals surface area contributed by atoms with E-state index in [1.54, 1.807) is 0 Å². The molecule has 0 N–H and O–H groups in total. The van der Waals surface area contributed by atoms with Crippen LogP contribution < -0.4 is 32.9 Å². The van der Waals surface area contributed by atoms with E-state index in [0.717, 1.165) is 0 Å². The third-order valence-electron chi connectivity index (χ3n) is 4.15. The van der Waals surface area contributed by atoms with Gasteiger partial charge in [0.05, 0.1) is 6.16 Å². The maximum Gasteiger partial charge on any atom is 0.112 e. The average Bonchev–Trinajstić information content (AvgIpc) is 2.62. The first kappa shape index (κ1) is 24.5. The molecule has 3 aromatic carbocycles. The molecule has 0 radical (unpaired) electrons. The molecule has 0 aromatic heterocycles. The fraction of sp³-hybridized carbons (Fsp3) is 0.143. The van der Waals surface area contributed by atoms with E-state index in [1.807, 2.05) is 0 Å². The Hall–Kier alpha value is -0.520. The van der Waals surface area contributed by atoms with Crippen molar-refractivity contribution < 1.29 is 17.0 Å². The maximum absolute atomic E-state index is 2.31. The zero-order chi connectivity index (χ0) is 15.3. The van der Waals surface area contributed by atoms with Gasteiger partial charge in [-0.1, -0.05) is 61.5 Å². The summed E-state index contributed by atoms with van der Waals surface area (Å²) in [6, 6.07) is 33.2. The first-order chi connectivity index (χ1) is 10.9. The van der Waals surface area contributed by atoms with Crippen LogP contribution in [-0.4, -0.2) is 6.16 Å². The molecular formula is C21H26Br2P2. The summed E-state index contributed by atoms with van der Waals surface area (Å²) in [6.45, 7) is 2.30. The highest BCUT2D eigenvalue weighted by atomic mass is 79.9. The Bertz CT molecular complexity index is 607. The van der Waals surface area contributed by atoms with Crippen molar-refractivity contribution in [2.75, 3.05) is 6.16 Å². The summed E-state index contributed by atoms with van der Waals surface area (Å²) in [4.78, 5) is 0. The summed E-state index contributed by atoms with van der Waals surface area (Å²) in [7, 11) is -1.55. The van der Waals surface area contributed by atoms with Gasteiger partial charge in [0.25, 0.3) is 0 Å². The van der Waals surface area contributed by atoms with Crippen LogP contribution in [0.1, 0.15) is 13.3 Å². The van der Waals surface area contributed by atoms with E-state index in [4.69, 9.17) is 0 Å². The first-order valence-corrected chi connectivity index (χ1v) is 9.90. The largest absolute Gasteiger partial charge is 1.00 e. The van der Waals surface area contributed by atoms with Crippen molar-refractivity contribution in [3.63, 3.8) is 0 Å². The van der Waals surface area contributed by atoms with Gasteiger partial charge in [0.15, 0.2) is 0 Å². The van der Waals surface area contributed by atoms with Gasteiger partial charge in [0.1, 0.15) is 23.2 Å². The molecule has 3 aromatic rings. The molecule has 25 heavy (non-hydrogen) atoms. The summed E-state index contributed by atoms with van der Waals surface area (Å²) in [5.74, 6) is 0. The lowest BCUT2D eigenvalue weighted by molar-refractivity contribution is -0.00000458. The topological polar surface area (TPSA) is 0 Å². The average molecular weight is 500 g/mol. The summed E-state index contributed by atoms with van der Waals surface area (Å²) < 4.78 is 0. The molecule has 0 saturated carbocycles. The standard InChI is InChI=1S/C21H22P.2BrH.H3P/c1-2-18-22(19-12-6-3-7-13-19,20-14-8-4-9-15-20)21-16-10-5-11-17-21;;;/h3-17H,2,18H2,1H3;2*1H;1H3/q+1;;;/p-1. The lowest BCUT2D eigenvalue weighted by Gasteiger charge is -2.27. The van der Waals surface area contributed by atoms with Gasteiger partial charge in [-0.2, -0.15) is 9.90 Å². The van der Waals surface area contributed by atoms with Gasteiger partial charge in [0, 0.05) is 0 Å². The van der Waals surface area contributed by atoms with Gasteiger partial charge in [-0.3, -0.25) is 0 Å². The SMILES string of the molecule is Br.CCC[P+](c1ccccc1)(c1ccccc1)c1ccccc1.P.[Br-]. The normalized spacial score (nSPS) is 9.96. The zero-order valence-electron chi connectivity index (χ0n) is 14.5. The minimum Gasteiger partial charge on any atom is -1.00 e. The molecule has 0 aliphatic rings. The first-order valence-electron chi connectivity index (χ1n) is 7.93. The number of halogens is 2. The molecular weight excluding hydrogens is 474 g/mol. The third-order valence-corrected chi connectivity index (χ3v) is 8.81. The maximum atomic E-state index is 2.31. The second kappa shape index (κ2) is 12.0. The predicted molar refractivity (Wildman–Crippen MR) is 122 cm³/mol. The van der Waals surface area contributed by atoms with Crippen molar-refractivity contribution in [1.29, 1.82) is 0 Å². The number of hydrogen-bond donors (Lipinski definition) is 0. The van der Waals surface area contributed by atoms with Crippen molar-refractivity contribution in [2.24, 2.45) is 0 Å². The summed E-state index contributed by atoms with van der Waals surface area (Å²) in [5, 5.41) is 4.44. The lowest BCUT2D eigenvalue weighted by Crippen LogP contribution is -3.00. The molecule has 0 spiro atoms.